The van der Waals surface area contributed by atoms with E-state index in [-0.39, 0.29) is 18.1 Å². The second-order valence-electron chi connectivity index (χ2n) is 8.70. The molecule has 2 aromatic rings. The first-order chi connectivity index (χ1) is 14.5. The van der Waals surface area contributed by atoms with E-state index in [0.29, 0.717) is 17.8 Å². The van der Waals surface area contributed by atoms with E-state index in [4.69, 9.17) is 9.15 Å². The van der Waals surface area contributed by atoms with Gasteiger partial charge >= 0.3 is 5.63 Å². The highest BCUT2D eigenvalue weighted by Gasteiger charge is 2.25. The molecule has 1 amide bonds. The quantitative estimate of drug-likeness (QED) is 0.681. The molecule has 0 N–H and O–H groups in total. The van der Waals surface area contributed by atoms with Crippen molar-refractivity contribution in [2.45, 2.75) is 46.0 Å². The number of piperazine rings is 1. The Bertz CT molecular complexity index is 954. The van der Waals surface area contributed by atoms with Crippen molar-refractivity contribution in [3.8, 4) is 5.75 Å². The maximum Gasteiger partial charge on any atom is 0.336 e. The largest absolute Gasteiger partial charge is 0.483 e. The lowest BCUT2D eigenvalue weighted by Crippen LogP contribution is -2.50. The normalized spacial score (nSPS) is 18.3. The standard InChI is InChI=1S/C24H32N2O4/c1-3-19-14-23(28)30-21-13-17(2)12-20(24(19)21)29-16-22(27)26-10-8-25(9-11-26)15-18-6-4-5-7-18/h12-14,18H,3-11,15-16H2,1-2H3. The lowest BCUT2D eigenvalue weighted by atomic mass is 10.1. The second-order valence-corrected chi connectivity index (χ2v) is 8.70. The van der Waals surface area contributed by atoms with Crippen molar-refractivity contribution in [2.24, 2.45) is 5.92 Å². The summed E-state index contributed by atoms with van der Waals surface area (Å²) in [6, 6.07) is 5.26. The van der Waals surface area contributed by atoms with Crippen molar-refractivity contribution in [1.82, 2.24) is 9.80 Å². The predicted molar refractivity (Wildman–Crippen MR) is 117 cm³/mol. The highest BCUT2D eigenvalue weighted by molar-refractivity contribution is 5.88. The van der Waals surface area contributed by atoms with E-state index in [0.717, 1.165) is 48.6 Å². The molecule has 0 atom stereocenters. The van der Waals surface area contributed by atoms with Crippen LogP contribution in [0.5, 0.6) is 5.75 Å². The summed E-state index contributed by atoms with van der Waals surface area (Å²) in [6.45, 7) is 8.52. The number of amides is 1. The Morgan fingerprint density at radius 2 is 1.87 bits per heavy atom. The molecule has 2 aliphatic rings. The van der Waals surface area contributed by atoms with E-state index in [1.165, 1.54) is 38.3 Å². The van der Waals surface area contributed by atoms with Crippen LogP contribution in [0.15, 0.2) is 27.4 Å². The number of hydrogen-bond donors (Lipinski definition) is 0. The van der Waals surface area contributed by atoms with Gasteiger partial charge in [0.05, 0.1) is 5.39 Å². The van der Waals surface area contributed by atoms with Crippen molar-refractivity contribution in [3.05, 3.63) is 39.7 Å². The maximum absolute atomic E-state index is 12.8. The number of carbonyl (C=O) groups is 1. The third kappa shape index (κ3) is 4.69. The molecule has 162 valence electrons. The third-order valence-electron chi connectivity index (χ3n) is 6.48. The lowest BCUT2D eigenvalue weighted by molar-refractivity contribution is -0.135. The van der Waals surface area contributed by atoms with Gasteiger partial charge in [0, 0.05) is 38.8 Å². The molecule has 4 rings (SSSR count). The average Bonchev–Trinajstić information content (AvgIpc) is 3.24. The highest BCUT2D eigenvalue weighted by atomic mass is 16.5. The van der Waals surface area contributed by atoms with Crippen LogP contribution in [0.4, 0.5) is 0 Å². The first kappa shape index (κ1) is 20.9. The zero-order chi connectivity index (χ0) is 21.1. The minimum atomic E-state index is -0.359. The second kappa shape index (κ2) is 9.21. The smallest absolute Gasteiger partial charge is 0.336 e. The number of fused-ring (bicyclic) bond motifs is 1. The van der Waals surface area contributed by atoms with Gasteiger partial charge in [0.1, 0.15) is 11.3 Å². The lowest BCUT2D eigenvalue weighted by Gasteiger charge is -2.35. The van der Waals surface area contributed by atoms with E-state index in [1.807, 2.05) is 30.9 Å². The van der Waals surface area contributed by atoms with Crippen LogP contribution >= 0.6 is 0 Å². The Morgan fingerprint density at radius 3 is 2.57 bits per heavy atom. The first-order valence-corrected chi connectivity index (χ1v) is 11.2. The topological polar surface area (TPSA) is 63.0 Å². The Labute approximate surface area is 177 Å². The molecule has 0 bridgehead atoms. The molecule has 1 saturated carbocycles. The number of ether oxygens (including phenoxy) is 1. The molecule has 6 heteroatoms. The summed E-state index contributed by atoms with van der Waals surface area (Å²) in [7, 11) is 0. The van der Waals surface area contributed by atoms with E-state index < -0.39 is 0 Å². The Balaban J connectivity index is 1.38. The number of nitrogens with zero attached hydrogens (tertiary/aromatic N) is 2. The molecule has 1 saturated heterocycles. The minimum Gasteiger partial charge on any atom is -0.483 e. The van der Waals surface area contributed by atoms with E-state index in [9.17, 15) is 9.59 Å². The molecule has 1 aromatic carbocycles. The van der Waals surface area contributed by atoms with Gasteiger partial charge in [0.25, 0.3) is 5.91 Å². The highest BCUT2D eigenvalue weighted by Crippen LogP contribution is 2.30. The van der Waals surface area contributed by atoms with Gasteiger partial charge in [-0.1, -0.05) is 19.8 Å². The third-order valence-corrected chi connectivity index (χ3v) is 6.48. The number of benzene rings is 1. The zero-order valence-corrected chi connectivity index (χ0v) is 18.1. The van der Waals surface area contributed by atoms with Gasteiger partial charge in [0.15, 0.2) is 6.61 Å². The molecule has 1 aliphatic carbocycles. The van der Waals surface area contributed by atoms with Crippen molar-refractivity contribution in [3.63, 3.8) is 0 Å². The summed E-state index contributed by atoms with van der Waals surface area (Å²) in [6.07, 6.45) is 6.15. The van der Waals surface area contributed by atoms with Gasteiger partial charge in [-0.2, -0.15) is 0 Å². The molecule has 1 aliphatic heterocycles. The van der Waals surface area contributed by atoms with Gasteiger partial charge in [-0.25, -0.2) is 4.79 Å². The van der Waals surface area contributed by atoms with Crippen LogP contribution in [0.3, 0.4) is 0 Å². The maximum atomic E-state index is 12.8. The van der Waals surface area contributed by atoms with Crippen LogP contribution in [-0.4, -0.2) is 55.0 Å². The van der Waals surface area contributed by atoms with E-state index >= 15 is 0 Å². The van der Waals surface area contributed by atoms with Crippen molar-refractivity contribution >= 4 is 16.9 Å². The van der Waals surface area contributed by atoms with Gasteiger partial charge < -0.3 is 14.1 Å². The van der Waals surface area contributed by atoms with Crippen LogP contribution < -0.4 is 10.4 Å². The molecule has 30 heavy (non-hydrogen) atoms. The fourth-order valence-corrected chi connectivity index (χ4v) is 4.83. The van der Waals surface area contributed by atoms with Gasteiger partial charge in [0.2, 0.25) is 0 Å². The average molecular weight is 413 g/mol. The molecule has 1 aromatic heterocycles. The van der Waals surface area contributed by atoms with Crippen LogP contribution in [-0.2, 0) is 11.2 Å². The fraction of sp³-hybridized carbons (Fsp3) is 0.583. The van der Waals surface area contributed by atoms with Crippen molar-refractivity contribution < 1.29 is 13.9 Å². The predicted octanol–water partition coefficient (Wildman–Crippen LogP) is 3.38. The van der Waals surface area contributed by atoms with Crippen molar-refractivity contribution in [2.75, 3.05) is 39.3 Å². The Kier molecular flexibility index (Phi) is 6.42. The molecular weight excluding hydrogens is 380 g/mol. The molecule has 6 nitrogen and oxygen atoms in total. The molecule has 0 radical (unpaired) electrons. The molecule has 0 spiro atoms. The number of rotatable bonds is 6. The SMILES string of the molecule is CCc1cc(=O)oc2cc(C)cc(OCC(=O)N3CCN(CC4CCCC4)CC3)c12. The Hall–Kier alpha value is -2.34. The Morgan fingerprint density at radius 1 is 1.13 bits per heavy atom. The summed E-state index contributed by atoms with van der Waals surface area (Å²) < 4.78 is 11.3. The summed E-state index contributed by atoms with van der Waals surface area (Å²) >= 11 is 0. The summed E-state index contributed by atoms with van der Waals surface area (Å²) in [5.74, 6) is 1.47. The van der Waals surface area contributed by atoms with Crippen LogP contribution in [0.2, 0.25) is 0 Å². The zero-order valence-electron chi connectivity index (χ0n) is 18.1. The minimum absolute atomic E-state index is 0.00343. The monoisotopic (exact) mass is 412 g/mol. The summed E-state index contributed by atoms with van der Waals surface area (Å²) in [4.78, 5) is 29.0. The number of carbonyl (C=O) groups excluding carboxylic acids is 1. The van der Waals surface area contributed by atoms with Crippen LogP contribution in [0.1, 0.15) is 43.7 Å². The fourth-order valence-electron chi connectivity index (χ4n) is 4.83. The van der Waals surface area contributed by atoms with Crippen LogP contribution in [0.25, 0.3) is 11.0 Å². The summed E-state index contributed by atoms with van der Waals surface area (Å²) in [5, 5.41) is 0.789. The van der Waals surface area contributed by atoms with Crippen molar-refractivity contribution in [1.29, 1.82) is 0 Å². The molecular formula is C24H32N2O4. The number of aryl methyl sites for hydroxylation is 2. The van der Waals surface area contributed by atoms with Gasteiger partial charge in [-0.05, 0) is 55.4 Å². The molecule has 2 fully saturated rings. The van der Waals surface area contributed by atoms with E-state index in [2.05, 4.69) is 4.90 Å². The summed E-state index contributed by atoms with van der Waals surface area (Å²) in [5.41, 5.74) is 1.97. The van der Waals surface area contributed by atoms with E-state index in [1.54, 1.807) is 0 Å². The van der Waals surface area contributed by atoms with Gasteiger partial charge in [-0.15, -0.1) is 0 Å². The first-order valence-electron chi connectivity index (χ1n) is 11.2. The van der Waals surface area contributed by atoms with Crippen LogP contribution in [0, 0.1) is 12.8 Å². The molecule has 2 heterocycles. The molecule has 0 unspecified atom stereocenters. The number of hydrogen-bond acceptors (Lipinski definition) is 5. The van der Waals surface area contributed by atoms with Gasteiger partial charge in [-0.3, -0.25) is 9.69 Å².